The second-order valence-corrected chi connectivity index (χ2v) is 6.57. The number of nitrogens with zero attached hydrogens (tertiary/aromatic N) is 1. The lowest BCUT2D eigenvalue weighted by Gasteiger charge is -2.13. The first-order valence-electron chi connectivity index (χ1n) is 9.63. The Morgan fingerprint density at radius 3 is 2.50 bits per heavy atom. The molecule has 0 bridgehead atoms. The van der Waals surface area contributed by atoms with Gasteiger partial charge in [0.25, 0.3) is 0 Å². The van der Waals surface area contributed by atoms with Crippen LogP contribution in [0.5, 0.6) is 17.2 Å². The average Bonchev–Trinajstić information content (AvgIpc) is 3.08. The maximum Gasteiger partial charge on any atom is 0.338 e. The second kappa shape index (κ2) is 9.82. The van der Waals surface area contributed by atoms with E-state index in [-0.39, 0.29) is 13.2 Å². The second-order valence-electron chi connectivity index (χ2n) is 6.57. The number of aryl methyl sites for hydroxylation is 2. The molecule has 3 aromatic rings. The molecule has 0 aliphatic heterocycles. The Bertz CT molecular complexity index is 991. The summed E-state index contributed by atoms with van der Waals surface area (Å²) < 4.78 is 27.4. The molecule has 0 aliphatic rings. The highest BCUT2D eigenvalue weighted by Gasteiger charge is 2.15. The number of esters is 1. The first kappa shape index (κ1) is 21.2. The number of para-hydroxylation sites is 1. The van der Waals surface area contributed by atoms with Gasteiger partial charge in [0.1, 0.15) is 24.7 Å². The van der Waals surface area contributed by atoms with Crippen molar-refractivity contribution in [1.29, 1.82) is 0 Å². The van der Waals surface area contributed by atoms with E-state index in [4.69, 9.17) is 23.5 Å². The summed E-state index contributed by atoms with van der Waals surface area (Å²) in [6.07, 6.45) is 0. The molecule has 0 saturated heterocycles. The van der Waals surface area contributed by atoms with Crippen molar-refractivity contribution in [2.24, 2.45) is 0 Å². The Labute approximate surface area is 175 Å². The fourth-order valence-corrected chi connectivity index (χ4v) is 2.92. The summed E-state index contributed by atoms with van der Waals surface area (Å²) in [5, 5.41) is 3.92. The van der Waals surface area contributed by atoms with Crippen molar-refractivity contribution in [3.05, 3.63) is 70.6 Å². The Balaban J connectivity index is 1.67. The van der Waals surface area contributed by atoms with Gasteiger partial charge >= 0.3 is 5.97 Å². The molecule has 0 amide bonds. The van der Waals surface area contributed by atoms with Crippen LogP contribution in [0.25, 0.3) is 0 Å². The first-order valence-corrected chi connectivity index (χ1v) is 9.63. The minimum absolute atomic E-state index is 0.113. The highest BCUT2D eigenvalue weighted by Crippen LogP contribution is 2.30. The summed E-state index contributed by atoms with van der Waals surface area (Å²) in [7, 11) is 1.52. The molecule has 2 aromatic carbocycles. The fourth-order valence-electron chi connectivity index (χ4n) is 2.92. The molecular weight excluding hydrogens is 386 g/mol. The van der Waals surface area contributed by atoms with Crippen LogP contribution >= 0.6 is 0 Å². The van der Waals surface area contributed by atoms with Crippen LogP contribution < -0.4 is 14.2 Å². The molecule has 3 rings (SSSR count). The number of rotatable bonds is 9. The molecule has 1 heterocycles. The maximum atomic E-state index is 12.5. The predicted molar refractivity (Wildman–Crippen MR) is 110 cm³/mol. The Kier molecular flexibility index (Phi) is 6.95. The van der Waals surface area contributed by atoms with Gasteiger partial charge in [0.05, 0.1) is 30.5 Å². The van der Waals surface area contributed by atoms with E-state index in [0.29, 0.717) is 35.2 Å². The van der Waals surface area contributed by atoms with Crippen LogP contribution in [0.1, 0.15) is 39.9 Å². The molecule has 30 heavy (non-hydrogen) atoms. The molecule has 0 atom stereocenters. The predicted octanol–water partition coefficient (Wildman–Crippen LogP) is 4.63. The number of benzene rings is 2. The minimum Gasteiger partial charge on any atom is -0.493 e. The summed E-state index contributed by atoms with van der Waals surface area (Å²) in [6.45, 7) is 6.53. The Morgan fingerprint density at radius 2 is 1.80 bits per heavy atom. The quantitative estimate of drug-likeness (QED) is 0.475. The molecule has 0 spiro atoms. The van der Waals surface area contributed by atoms with Gasteiger partial charge < -0.3 is 23.5 Å². The zero-order valence-electron chi connectivity index (χ0n) is 17.6. The number of hydrogen-bond acceptors (Lipinski definition) is 7. The van der Waals surface area contributed by atoms with Crippen molar-refractivity contribution in [2.75, 3.05) is 13.7 Å². The number of carbonyl (C=O) groups excluding carboxylic acids is 1. The van der Waals surface area contributed by atoms with Gasteiger partial charge in [-0.2, -0.15) is 0 Å². The molecule has 1 aromatic heterocycles. The van der Waals surface area contributed by atoms with Gasteiger partial charge in [-0.25, -0.2) is 4.79 Å². The molecule has 0 N–H and O–H groups in total. The fraction of sp³-hybridized carbons (Fsp3) is 0.304. The molecule has 158 valence electrons. The van der Waals surface area contributed by atoms with Crippen molar-refractivity contribution < 1.29 is 28.3 Å². The number of hydrogen-bond donors (Lipinski definition) is 0. The van der Waals surface area contributed by atoms with Crippen molar-refractivity contribution in [1.82, 2.24) is 5.16 Å². The van der Waals surface area contributed by atoms with Gasteiger partial charge in [-0.05, 0) is 45.0 Å². The van der Waals surface area contributed by atoms with Crippen LogP contribution in [0.3, 0.4) is 0 Å². The lowest BCUT2D eigenvalue weighted by Crippen LogP contribution is -2.07. The third-order valence-corrected chi connectivity index (χ3v) is 4.58. The van der Waals surface area contributed by atoms with Crippen molar-refractivity contribution >= 4 is 5.97 Å². The van der Waals surface area contributed by atoms with E-state index in [1.54, 1.807) is 18.2 Å². The SMILES string of the molecule is CCOc1ccccc1COC(=O)c1ccc(OCc2c(C)noc2C)c(OC)c1. The summed E-state index contributed by atoms with van der Waals surface area (Å²) in [5.41, 5.74) is 2.83. The van der Waals surface area contributed by atoms with Crippen LogP contribution in [0.4, 0.5) is 0 Å². The summed E-state index contributed by atoms with van der Waals surface area (Å²) in [5.74, 6) is 1.89. The first-order chi connectivity index (χ1) is 14.5. The van der Waals surface area contributed by atoms with E-state index in [0.717, 1.165) is 16.8 Å². The average molecular weight is 411 g/mol. The normalized spacial score (nSPS) is 10.5. The molecule has 0 fully saturated rings. The van der Waals surface area contributed by atoms with E-state index >= 15 is 0 Å². The van der Waals surface area contributed by atoms with E-state index < -0.39 is 5.97 Å². The molecule has 0 radical (unpaired) electrons. The summed E-state index contributed by atoms with van der Waals surface area (Å²) in [6, 6.07) is 12.4. The highest BCUT2D eigenvalue weighted by molar-refractivity contribution is 5.90. The number of ether oxygens (including phenoxy) is 4. The van der Waals surface area contributed by atoms with E-state index in [1.807, 2.05) is 45.0 Å². The molecule has 0 saturated carbocycles. The summed E-state index contributed by atoms with van der Waals surface area (Å²) >= 11 is 0. The number of methoxy groups -OCH3 is 1. The smallest absolute Gasteiger partial charge is 0.338 e. The number of carbonyl (C=O) groups is 1. The topological polar surface area (TPSA) is 80.0 Å². The highest BCUT2D eigenvalue weighted by atomic mass is 16.5. The van der Waals surface area contributed by atoms with Gasteiger partial charge in [-0.1, -0.05) is 23.4 Å². The van der Waals surface area contributed by atoms with E-state index in [9.17, 15) is 4.79 Å². The maximum absolute atomic E-state index is 12.5. The van der Waals surface area contributed by atoms with Crippen molar-refractivity contribution in [3.63, 3.8) is 0 Å². The minimum atomic E-state index is -0.461. The largest absolute Gasteiger partial charge is 0.493 e. The molecule has 7 heteroatoms. The van der Waals surface area contributed by atoms with E-state index in [2.05, 4.69) is 5.16 Å². The number of aromatic nitrogens is 1. The summed E-state index contributed by atoms with van der Waals surface area (Å²) in [4.78, 5) is 12.5. The van der Waals surface area contributed by atoms with Crippen LogP contribution in [-0.4, -0.2) is 24.8 Å². The Hall–Kier alpha value is -3.48. The molecule has 0 aliphatic carbocycles. The zero-order valence-corrected chi connectivity index (χ0v) is 17.6. The van der Waals surface area contributed by atoms with Gasteiger partial charge in [-0.3, -0.25) is 0 Å². The standard InChI is InChI=1S/C23H25NO6/c1-5-27-20-9-7-6-8-18(20)13-29-23(25)17-10-11-21(22(12-17)26-4)28-14-19-15(2)24-30-16(19)3/h6-12H,5,13-14H2,1-4H3. The zero-order chi connectivity index (χ0) is 21.5. The van der Waals surface area contributed by atoms with Gasteiger partial charge in [0.15, 0.2) is 11.5 Å². The third-order valence-electron chi connectivity index (χ3n) is 4.58. The van der Waals surface area contributed by atoms with Crippen LogP contribution in [0, 0.1) is 13.8 Å². The lowest BCUT2D eigenvalue weighted by molar-refractivity contribution is 0.0469. The third kappa shape index (κ3) is 4.92. The van der Waals surface area contributed by atoms with Gasteiger partial charge in [-0.15, -0.1) is 0 Å². The monoisotopic (exact) mass is 411 g/mol. The van der Waals surface area contributed by atoms with Crippen LogP contribution in [0.2, 0.25) is 0 Å². The van der Waals surface area contributed by atoms with Gasteiger partial charge in [0, 0.05) is 5.56 Å². The van der Waals surface area contributed by atoms with Gasteiger partial charge in [0.2, 0.25) is 0 Å². The molecule has 7 nitrogen and oxygen atoms in total. The Morgan fingerprint density at radius 1 is 1.00 bits per heavy atom. The van der Waals surface area contributed by atoms with Crippen molar-refractivity contribution in [2.45, 2.75) is 34.0 Å². The van der Waals surface area contributed by atoms with Crippen molar-refractivity contribution in [3.8, 4) is 17.2 Å². The van der Waals surface area contributed by atoms with E-state index in [1.165, 1.54) is 7.11 Å². The molecular formula is C23H25NO6. The molecule has 0 unspecified atom stereocenters. The van der Waals surface area contributed by atoms with Crippen LogP contribution in [-0.2, 0) is 18.0 Å². The lowest BCUT2D eigenvalue weighted by atomic mass is 10.2. The van der Waals surface area contributed by atoms with Crippen LogP contribution in [0.15, 0.2) is 47.0 Å².